The van der Waals surface area contributed by atoms with Crippen LogP contribution < -0.4 is 0 Å². The van der Waals surface area contributed by atoms with Gasteiger partial charge in [0.1, 0.15) is 5.78 Å². The molecular formula is C13H22O. The smallest absolute Gasteiger partial charge is 0.136 e. The van der Waals surface area contributed by atoms with E-state index < -0.39 is 0 Å². The molecule has 0 aliphatic heterocycles. The van der Waals surface area contributed by atoms with Crippen molar-refractivity contribution >= 4 is 5.78 Å². The average molecular weight is 194 g/mol. The number of Topliss-reactive ketones (excluding diaryl/α,β-unsaturated/α-hetero) is 1. The van der Waals surface area contributed by atoms with Crippen molar-refractivity contribution in [2.45, 2.75) is 52.4 Å². The van der Waals surface area contributed by atoms with E-state index in [-0.39, 0.29) is 5.92 Å². The molecule has 14 heavy (non-hydrogen) atoms. The lowest BCUT2D eigenvalue weighted by atomic mass is 9.76. The molecule has 1 heteroatoms. The minimum atomic E-state index is 0.290. The number of carbonyl (C=O) groups is 1. The molecule has 0 aromatic carbocycles. The number of ketones is 1. The fourth-order valence-electron chi connectivity index (χ4n) is 2.49. The zero-order chi connectivity index (χ0) is 10.6. The molecule has 0 amide bonds. The van der Waals surface area contributed by atoms with Crippen molar-refractivity contribution in [1.82, 2.24) is 0 Å². The summed E-state index contributed by atoms with van der Waals surface area (Å²) in [5.41, 5.74) is 1.15. The Hall–Kier alpha value is -0.590. The van der Waals surface area contributed by atoms with Gasteiger partial charge in [0.2, 0.25) is 0 Å². The van der Waals surface area contributed by atoms with Crippen molar-refractivity contribution in [3.8, 4) is 0 Å². The summed E-state index contributed by atoms with van der Waals surface area (Å²) in [5, 5.41) is 0. The molecule has 1 saturated carbocycles. The highest BCUT2D eigenvalue weighted by Gasteiger charge is 2.27. The molecular weight excluding hydrogens is 172 g/mol. The van der Waals surface area contributed by atoms with Gasteiger partial charge in [-0.3, -0.25) is 4.79 Å². The standard InChI is InChI=1S/C13H22O/c1-4-5-11-6-7-13(14)12(9-11)8-10(2)3/h11-12H,2,4-9H2,1,3H3. The van der Waals surface area contributed by atoms with Crippen LogP contribution in [0.25, 0.3) is 0 Å². The van der Waals surface area contributed by atoms with Crippen molar-refractivity contribution < 1.29 is 4.79 Å². The van der Waals surface area contributed by atoms with E-state index in [2.05, 4.69) is 13.5 Å². The molecule has 1 rings (SSSR count). The number of carbonyl (C=O) groups excluding carboxylic acids is 1. The van der Waals surface area contributed by atoms with Crippen LogP contribution in [0.3, 0.4) is 0 Å². The van der Waals surface area contributed by atoms with E-state index in [1.807, 2.05) is 6.92 Å². The Labute approximate surface area is 87.6 Å². The Kier molecular flexibility index (Phi) is 4.37. The number of hydrogen-bond donors (Lipinski definition) is 0. The van der Waals surface area contributed by atoms with Crippen molar-refractivity contribution in [2.75, 3.05) is 0 Å². The zero-order valence-electron chi connectivity index (χ0n) is 9.51. The van der Waals surface area contributed by atoms with Gasteiger partial charge in [-0.25, -0.2) is 0 Å². The summed E-state index contributed by atoms with van der Waals surface area (Å²) in [7, 11) is 0. The molecule has 0 heterocycles. The van der Waals surface area contributed by atoms with E-state index in [0.29, 0.717) is 5.78 Å². The maximum absolute atomic E-state index is 11.6. The summed E-state index contributed by atoms with van der Waals surface area (Å²) in [6.45, 7) is 8.15. The van der Waals surface area contributed by atoms with Gasteiger partial charge in [0.25, 0.3) is 0 Å². The van der Waals surface area contributed by atoms with Crippen molar-refractivity contribution in [3.63, 3.8) is 0 Å². The molecule has 0 radical (unpaired) electrons. The predicted molar refractivity (Wildman–Crippen MR) is 60.2 cm³/mol. The average Bonchev–Trinajstić information content (AvgIpc) is 2.10. The number of allylic oxidation sites excluding steroid dienone is 1. The molecule has 0 saturated heterocycles. The van der Waals surface area contributed by atoms with Gasteiger partial charge in [0.05, 0.1) is 0 Å². The van der Waals surface area contributed by atoms with Crippen LogP contribution in [0.4, 0.5) is 0 Å². The molecule has 1 nitrogen and oxygen atoms in total. The molecule has 0 N–H and O–H groups in total. The van der Waals surface area contributed by atoms with E-state index in [0.717, 1.165) is 37.2 Å². The highest BCUT2D eigenvalue weighted by atomic mass is 16.1. The van der Waals surface area contributed by atoms with Crippen molar-refractivity contribution in [1.29, 1.82) is 0 Å². The largest absolute Gasteiger partial charge is 0.299 e. The third kappa shape index (κ3) is 3.28. The zero-order valence-corrected chi connectivity index (χ0v) is 9.51. The van der Waals surface area contributed by atoms with Crippen molar-refractivity contribution in [3.05, 3.63) is 12.2 Å². The summed E-state index contributed by atoms with van der Waals surface area (Å²) in [4.78, 5) is 11.6. The second-order valence-corrected chi connectivity index (χ2v) is 4.75. The first-order valence-electron chi connectivity index (χ1n) is 5.80. The van der Waals surface area contributed by atoms with E-state index in [1.54, 1.807) is 0 Å². The molecule has 80 valence electrons. The lowest BCUT2D eigenvalue weighted by molar-refractivity contribution is -0.125. The van der Waals surface area contributed by atoms with E-state index in [4.69, 9.17) is 0 Å². The molecule has 0 bridgehead atoms. The summed E-state index contributed by atoms with van der Waals surface area (Å²) < 4.78 is 0. The maximum Gasteiger partial charge on any atom is 0.136 e. The van der Waals surface area contributed by atoms with Crippen LogP contribution in [0.5, 0.6) is 0 Å². The predicted octanol–water partition coefficient (Wildman–Crippen LogP) is 3.74. The lowest BCUT2D eigenvalue weighted by Gasteiger charge is -2.28. The molecule has 1 aliphatic carbocycles. The molecule has 1 fully saturated rings. The van der Waals surface area contributed by atoms with Crippen LogP contribution in [-0.2, 0) is 4.79 Å². The third-order valence-electron chi connectivity index (χ3n) is 3.16. The quantitative estimate of drug-likeness (QED) is 0.623. The molecule has 0 aromatic heterocycles. The van der Waals surface area contributed by atoms with Crippen LogP contribution in [0, 0.1) is 11.8 Å². The van der Waals surface area contributed by atoms with Gasteiger partial charge in [-0.2, -0.15) is 0 Å². The Bertz CT molecular complexity index is 217. The number of hydrogen-bond acceptors (Lipinski definition) is 1. The van der Waals surface area contributed by atoms with Crippen LogP contribution >= 0.6 is 0 Å². The van der Waals surface area contributed by atoms with Crippen molar-refractivity contribution in [2.24, 2.45) is 11.8 Å². The van der Waals surface area contributed by atoms with Gasteiger partial charge in [0.15, 0.2) is 0 Å². The highest BCUT2D eigenvalue weighted by Crippen LogP contribution is 2.32. The highest BCUT2D eigenvalue weighted by molar-refractivity contribution is 5.82. The van der Waals surface area contributed by atoms with Gasteiger partial charge in [0, 0.05) is 12.3 Å². The Balaban J connectivity index is 2.46. The monoisotopic (exact) mass is 194 g/mol. The van der Waals surface area contributed by atoms with Gasteiger partial charge in [-0.05, 0) is 32.1 Å². The van der Waals surface area contributed by atoms with Gasteiger partial charge < -0.3 is 0 Å². The summed E-state index contributed by atoms with van der Waals surface area (Å²) in [6, 6.07) is 0. The first-order chi connectivity index (χ1) is 6.63. The van der Waals surface area contributed by atoms with Crippen LogP contribution in [0.1, 0.15) is 52.4 Å². The Morgan fingerprint density at radius 1 is 1.57 bits per heavy atom. The second kappa shape index (κ2) is 5.33. The van der Waals surface area contributed by atoms with E-state index in [1.165, 1.54) is 12.8 Å². The summed E-state index contributed by atoms with van der Waals surface area (Å²) >= 11 is 0. The number of rotatable bonds is 4. The van der Waals surface area contributed by atoms with Crippen LogP contribution in [-0.4, -0.2) is 5.78 Å². The van der Waals surface area contributed by atoms with E-state index >= 15 is 0 Å². The van der Waals surface area contributed by atoms with Crippen LogP contribution in [0.2, 0.25) is 0 Å². The fraction of sp³-hybridized carbons (Fsp3) is 0.769. The second-order valence-electron chi connectivity index (χ2n) is 4.75. The Morgan fingerprint density at radius 3 is 2.86 bits per heavy atom. The topological polar surface area (TPSA) is 17.1 Å². The van der Waals surface area contributed by atoms with Gasteiger partial charge in [-0.15, -0.1) is 6.58 Å². The Morgan fingerprint density at radius 2 is 2.29 bits per heavy atom. The first kappa shape index (κ1) is 11.5. The molecule has 1 aliphatic rings. The molecule has 0 aromatic rings. The fourth-order valence-corrected chi connectivity index (χ4v) is 2.49. The van der Waals surface area contributed by atoms with Crippen LogP contribution in [0.15, 0.2) is 12.2 Å². The van der Waals surface area contributed by atoms with Gasteiger partial charge in [-0.1, -0.05) is 25.3 Å². The first-order valence-corrected chi connectivity index (χ1v) is 5.80. The molecule has 2 unspecified atom stereocenters. The minimum absolute atomic E-state index is 0.290. The summed E-state index contributed by atoms with van der Waals surface area (Å²) in [6.07, 6.45) is 6.50. The van der Waals surface area contributed by atoms with Gasteiger partial charge >= 0.3 is 0 Å². The molecule has 0 spiro atoms. The molecule has 2 atom stereocenters. The maximum atomic E-state index is 11.6. The van der Waals surface area contributed by atoms with E-state index in [9.17, 15) is 4.79 Å². The summed E-state index contributed by atoms with van der Waals surface area (Å²) in [5.74, 6) is 1.56. The minimum Gasteiger partial charge on any atom is -0.299 e. The third-order valence-corrected chi connectivity index (χ3v) is 3.16. The lowest BCUT2D eigenvalue weighted by Crippen LogP contribution is -2.25. The SMILES string of the molecule is C=C(C)CC1CC(CCC)CCC1=O. The normalized spacial score (nSPS) is 27.7.